The second-order valence-corrected chi connectivity index (χ2v) is 7.02. The van der Waals surface area contributed by atoms with Crippen LogP contribution in [0, 0.1) is 0 Å². The summed E-state index contributed by atoms with van der Waals surface area (Å²) in [5.74, 6) is 2.43. The second-order valence-electron chi connectivity index (χ2n) is 7.02. The van der Waals surface area contributed by atoms with E-state index in [4.69, 9.17) is 9.97 Å². The molecule has 1 saturated carbocycles. The maximum Gasteiger partial charge on any atom is 0.217 e. The lowest BCUT2D eigenvalue weighted by molar-refractivity contribution is -0.119. The van der Waals surface area contributed by atoms with Gasteiger partial charge in [-0.1, -0.05) is 12.8 Å². The lowest BCUT2D eigenvalue weighted by atomic mass is 10.1. The molecule has 1 amide bonds. The predicted octanol–water partition coefficient (Wildman–Crippen LogP) is 1.74. The van der Waals surface area contributed by atoms with Gasteiger partial charge in [-0.15, -0.1) is 0 Å². The van der Waals surface area contributed by atoms with Crippen molar-refractivity contribution in [3.8, 4) is 0 Å². The highest BCUT2D eigenvalue weighted by Gasteiger charge is 2.28. The summed E-state index contributed by atoms with van der Waals surface area (Å²) >= 11 is 0. The van der Waals surface area contributed by atoms with Crippen LogP contribution in [0.3, 0.4) is 0 Å². The van der Waals surface area contributed by atoms with Crippen molar-refractivity contribution in [1.82, 2.24) is 25.1 Å². The molecule has 24 heavy (non-hydrogen) atoms. The smallest absolute Gasteiger partial charge is 0.217 e. The van der Waals surface area contributed by atoms with Crippen molar-refractivity contribution in [3.63, 3.8) is 0 Å². The van der Waals surface area contributed by atoms with Gasteiger partial charge in [-0.2, -0.15) is 5.10 Å². The first-order chi connectivity index (χ1) is 11.6. The zero-order valence-electron chi connectivity index (χ0n) is 14.3. The van der Waals surface area contributed by atoms with Crippen LogP contribution < -0.4 is 10.2 Å². The molecule has 2 fully saturated rings. The van der Waals surface area contributed by atoms with Crippen LogP contribution in [0.2, 0.25) is 0 Å². The first kappa shape index (κ1) is 15.4. The van der Waals surface area contributed by atoms with Crippen molar-refractivity contribution in [3.05, 3.63) is 12.0 Å². The fraction of sp³-hybridized carbons (Fsp3) is 0.647. The van der Waals surface area contributed by atoms with E-state index in [-0.39, 0.29) is 11.9 Å². The molecule has 0 bridgehead atoms. The number of hydrogen-bond donors (Lipinski definition) is 1. The van der Waals surface area contributed by atoms with Crippen LogP contribution in [0.25, 0.3) is 11.0 Å². The van der Waals surface area contributed by atoms with E-state index < -0.39 is 0 Å². The molecule has 1 saturated heterocycles. The first-order valence-electron chi connectivity index (χ1n) is 8.83. The van der Waals surface area contributed by atoms with E-state index in [1.807, 2.05) is 17.9 Å². The highest BCUT2D eigenvalue weighted by molar-refractivity contribution is 5.87. The summed E-state index contributed by atoms with van der Waals surface area (Å²) in [4.78, 5) is 23.3. The van der Waals surface area contributed by atoms with Crippen LogP contribution in [-0.4, -0.2) is 44.8 Å². The minimum absolute atomic E-state index is 0.0303. The number of fused-ring (bicyclic) bond motifs is 1. The lowest BCUT2D eigenvalue weighted by Gasteiger charge is -2.20. The van der Waals surface area contributed by atoms with Gasteiger partial charge < -0.3 is 10.2 Å². The Morgan fingerprint density at radius 1 is 1.25 bits per heavy atom. The van der Waals surface area contributed by atoms with Crippen LogP contribution in [0.15, 0.2) is 6.20 Å². The number of carbonyl (C=O) groups excluding carboxylic acids is 1. The van der Waals surface area contributed by atoms with E-state index >= 15 is 0 Å². The highest BCUT2D eigenvalue weighted by atomic mass is 16.1. The fourth-order valence-corrected chi connectivity index (χ4v) is 3.99. The maximum atomic E-state index is 11.3. The summed E-state index contributed by atoms with van der Waals surface area (Å²) in [7, 11) is 1.93. The largest absolute Gasteiger partial charge is 0.354 e. The van der Waals surface area contributed by atoms with E-state index in [2.05, 4.69) is 15.3 Å². The third-order valence-corrected chi connectivity index (χ3v) is 5.20. The molecule has 1 unspecified atom stereocenters. The minimum atomic E-state index is 0.0303. The number of anilines is 1. The minimum Gasteiger partial charge on any atom is -0.354 e. The van der Waals surface area contributed by atoms with Gasteiger partial charge in [-0.3, -0.25) is 9.48 Å². The number of aromatic nitrogens is 4. The normalized spacial score (nSPS) is 21.8. The van der Waals surface area contributed by atoms with Crippen molar-refractivity contribution in [1.29, 1.82) is 0 Å². The molecule has 1 atom stereocenters. The van der Waals surface area contributed by atoms with Crippen molar-refractivity contribution in [2.24, 2.45) is 7.05 Å². The van der Waals surface area contributed by atoms with Crippen LogP contribution in [-0.2, 0) is 11.8 Å². The molecule has 7 nitrogen and oxygen atoms in total. The summed E-state index contributed by atoms with van der Waals surface area (Å²) < 4.78 is 1.83. The first-order valence-corrected chi connectivity index (χ1v) is 8.83. The van der Waals surface area contributed by atoms with Gasteiger partial charge in [0.15, 0.2) is 5.65 Å². The zero-order chi connectivity index (χ0) is 16.7. The number of nitrogens with one attached hydrogen (secondary N) is 1. The number of rotatable bonds is 3. The molecule has 4 rings (SSSR count). The predicted molar refractivity (Wildman–Crippen MR) is 91.9 cm³/mol. The van der Waals surface area contributed by atoms with E-state index in [0.29, 0.717) is 5.92 Å². The average Bonchev–Trinajstić information content (AvgIpc) is 3.27. The molecular weight excluding hydrogens is 304 g/mol. The molecule has 0 aromatic carbocycles. The fourth-order valence-electron chi connectivity index (χ4n) is 3.99. The highest BCUT2D eigenvalue weighted by Crippen LogP contribution is 2.35. The second kappa shape index (κ2) is 6.03. The van der Waals surface area contributed by atoms with Gasteiger partial charge in [0.25, 0.3) is 0 Å². The molecule has 1 N–H and O–H groups in total. The molecule has 7 heteroatoms. The Morgan fingerprint density at radius 2 is 2.04 bits per heavy atom. The van der Waals surface area contributed by atoms with E-state index in [9.17, 15) is 4.79 Å². The van der Waals surface area contributed by atoms with Gasteiger partial charge in [0.1, 0.15) is 11.6 Å². The third kappa shape index (κ3) is 2.72. The molecular formula is C17H24N6O. The molecule has 1 aliphatic carbocycles. The summed E-state index contributed by atoms with van der Waals surface area (Å²) in [6.07, 6.45) is 7.69. The maximum absolute atomic E-state index is 11.3. The number of nitrogens with zero attached hydrogens (tertiary/aromatic N) is 5. The van der Waals surface area contributed by atoms with E-state index in [1.165, 1.54) is 25.7 Å². The molecule has 1 aliphatic heterocycles. The third-order valence-electron chi connectivity index (χ3n) is 5.20. The van der Waals surface area contributed by atoms with Crippen LogP contribution in [0.5, 0.6) is 0 Å². The average molecular weight is 328 g/mol. The number of hydrogen-bond acceptors (Lipinski definition) is 5. The zero-order valence-corrected chi connectivity index (χ0v) is 14.3. The standard InChI is InChI=1S/C17H24N6O/c1-11(24)19-13-7-8-23(10-13)17-14-9-18-22(2)16(14)20-15(21-17)12-5-3-4-6-12/h9,12-13H,3-8,10H2,1-2H3,(H,19,24). The SMILES string of the molecule is CC(=O)NC1CCN(c2nc(C3CCCC3)nc3c2cnn3C)C1. The molecule has 0 spiro atoms. The van der Waals surface area contributed by atoms with Gasteiger partial charge >= 0.3 is 0 Å². The molecule has 2 aromatic rings. The van der Waals surface area contributed by atoms with Crippen molar-refractivity contribution in [2.45, 2.75) is 51.0 Å². The van der Waals surface area contributed by atoms with Gasteiger partial charge in [-0.25, -0.2) is 9.97 Å². The van der Waals surface area contributed by atoms with Crippen LogP contribution in [0.4, 0.5) is 5.82 Å². The Morgan fingerprint density at radius 3 is 2.79 bits per heavy atom. The van der Waals surface area contributed by atoms with Crippen molar-refractivity contribution >= 4 is 22.8 Å². The van der Waals surface area contributed by atoms with Gasteiger partial charge in [0.2, 0.25) is 5.91 Å². The molecule has 2 aromatic heterocycles. The number of aryl methyl sites for hydroxylation is 1. The quantitative estimate of drug-likeness (QED) is 0.929. The lowest BCUT2D eigenvalue weighted by Crippen LogP contribution is -2.35. The summed E-state index contributed by atoms with van der Waals surface area (Å²) in [5, 5.41) is 8.40. The molecule has 2 aliphatic rings. The molecule has 128 valence electrons. The van der Waals surface area contributed by atoms with Crippen LogP contribution in [0.1, 0.15) is 50.8 Å². The number of amides is 1. The Kier molecular flexibility index (Phi) is 3.86. The Hall–Kier alpha value is -2.18. The monoisotopic (exact) mass is 328 g/mol. The van der Waals surface area contributed by atoms with E-state index in [1.54, 1.807) is 6.92 Å². The Balaban J connectivity index is 1.70. The Bertz CT molecular complexity index is 764. The van der Waals surface area contributed by atoms with E-state index in [0.717, 1.165) is 42.2 Å². The van der Waals surface area contributed by atoms with Crippen molar-refractivity contribution in [2.75, 3.05) is 18.0 Å². The van der Waals surface area contributed by atoms with Gasteiger partial charge in [0.05, 0.1) is 11.6 Å². The van der Waals surface area contributed by atoms with Gasteiger partial charge in [0, 0.05) is 39.0 Å². The number of carbonyl (C=O) groups is 1. The van der Waals surface area contributed by atoms with Crippen LogP contribution >= 0.6 is 0 Å². The topological polar surface area (TPSA) is 75.9 Å². The molecule has 0 radical (unpaired) electrons. The van der Waals surface area contributed by atoms with Gasteiger partial charge in [-0.05, 0) is 19.3 Å². The summed E-state index contributed by atoms with van der Waals surface area (Å²) in [5.41, 5.74) is 0.907. The Labute approximate surface area is 141 Å². The summed E-state index contributed by atoms with van der Waals surface area (Å²) in [6.45, 7) is 3.27. The molecule has 3 heterocycles. The summed E-state index contributed by atoms with van der Waals surface area (Å²) in [6, 6.07) is 0.194. The van der Waals surface area contributed by atoms with Crippen molar-refractivity contribution < 1.29 is 4.79 Å².